The van der Waals surface area contributed by atoms with Gasteiger partial charge in [-0.1, -0.05) is 13.8 Å². The van der Waals surface area contributed by atoms with Gasteiger partial charge in [-0.2, -0.15) is 0 Å². The molecule has 0 aliphatic carbocycles. The molecular formula is C23H34N4O5S. The van der Waals surface area contributed by atoms with Crippen molar-refractivity contribution in [3.63, 3.8) is 0 Å². The van der Waals surface area contributed by atoms with Crippen molar-refractivity contribution in [1.82, 2.24) is 20.4 Å². The Hall–Kier alpha value is -1.91. The zero-order chi connectivity index (χ0) is 24.0. The lowest BCUT2D eigenvalue weighted by molar-refractivity contribution is -0.160. The van der Waals surface area contributed by atoms with E-state index in [0.29, 0.717) is 37.4 Å². The highest BCUT2D eigenvalue weighted by Crippen LogP contribution is 2.53. The van der Waals surface area contributed by atoms with Crippen molar-refractivity contribution in [1.29, 1.82) is 0 Å². The Morgan fingerprint density at radius 1 is 1.24 bits per heavy atom. The third-order valence-electron chi connectivity index (χ3n) is 7.38. The molecule has 9 nitrogen and oxygen atoms in total. The summed E-state index contributed by atoms with van der Waals surface area (Å²) in [5.74, 6) is -1.70. The van der Waals surface area contributed by atoms with Crippen LogP contribution in [0.15, 0.2) is 10.6 Å². The van der Waals surface area contributed by atoms with Gasteiger partial charge < -0.3 is 30.3 Å². The van der Waals surface area contributed by atoms with Crippen LogP contribution in [0.25, 0.3) is 0 Å². The maximum atomic E-state index is 13.0. The maximum absolute atomic E-state index is 13.0. The van der Waals surface area contributed by atoms with E-state index < -0.39 is 5.97 Å². The molecule has 2 amide bonds. The van der Waals surface area contributed by atoms with Gasteiger partial charge in [-0.15, -0.1) is 11.8 Å². The molecule has 0 radical (unpaired) electrons. The number of β-lactam (4-membered cyclic amide) rings is 1. The number of hydrogen-bond donors (Lipinski definition) is 3. The molecule has 0 saturated carbocycles. The van der Waals surface area contributed by atoms with Gasteiger partial charge in [-0.25, -0.2) is 4.79 Å². The molecule has 4 aliphatic rings. The van der Waals surface area contributed by atoms with Gasteiger partial charge in [0.15, 0.2) is 0 Å². The van der Waals surface area contributed by atoms with Crippen LogP contribution in [0.1, 0.15) is 40.5 Å². The number of aliphatic carboxylic acids is 1. The first kappa shape index (κ1) is 24.2. The normalized spacial score (nSPS) is 34.8. The lowest BCUT2D eigenvalue weighted by Crippen LogP contribution is -2.62. The van der Waals surface area contributed by atoms with E-state index in [0.717, 1.165) is 6.54 Å². The number of rotatable bonds is 7. The van der Waals surface area contributed by atoms with Crippen LogP contribution >= 0.6 is 11.8 Å². The Morgan fingerprint density at radius 2 is 1.97 bits per heavy atom. The summed E-state index contributed by atoms with van der Waals surface area (Å²) in [4.78, 5) is 53.6. The molecule has 182 valence electrons. The minimum absolute atomic E-state index is 0.0343. The lowest BCUT2D eigenvalue weighted by atomic mass is 9.73. The smallest absolute Gasteiger partial charge is 0.353 e. The molecule has 33 heavy (non-hydrogen) atoms. The van der Waals surface area contributed by atoms with E-state index in [2.05, 4.69) is 17.6 Å². The minimum atomic E-state index is -1.09. The Labute approximate surface area is 198 Å². The van der Waals surface area contributed by atoms with Crippen LogP contribution in [0, 0.1) is 17.8 Å². The molecule has 3 fully saturated rings. The number of piperazine rings is 1. The van der Waals surface area contributed by atoms with Crippen molar-refractivity contribution in [2.45, 2.75) is 63.9 Å². The molecular weight excluding hydrogens is 444 g/mol. The van der Waals surface area contributed by atoms with Gasteiger partial charge in [0.05, 0.1) is 18.0 Å². The monoisotopic (exact) mass is 478 g/mol. The number of amides is 2. The number of hydrogen-bond acceptors (Lipinski definition) is 7. The van der Waals surface area contributed by atoms with Crippen LogP contribution < -0.4 is 10.6 Å². The molecule has 0 aromatic heterocycles. The fourth-order valence-corrected chi connectivity index (χ4v) is 7.34. The maximum Gasteiger partial charge on any atom is 0.353 e. The van der Waals surface area contributed by atoms with E-state index in [1.165, 1.54) is 23.6 Å². The van der Waals surface area contributed by atoms with E-state index in [-0.39, 0.29) is 64.4 Å². The van der Waals surface area contributed by atoms with Crippen LogP contribution in [-0.4, -0.2) is 88.0 Å². The van der Waals surface area contributed by atoms with E-state index >= 15 is 0 Å². The average Bonchev–Trinajstić information content (AvgIpc) is 3.29. The quantitative estimate of drug-likeness (QED) is 0.457. The summed E-state index contributed by atoms with van der Waals surface area (Å²) in [6.07, 6.45) is 0.951. The van der Waals surface area contributed by atoms with Crippen LogP contribution in [0.3, 0.4) is 0 Å². The second-order valence-electron chi connectivity index (χ2n) is 9.99. The first-order chi connectivity index (χ1) is 15.6. The molecule has 10 heteroatoms. The highest BCUT2D eigenvalue weighted by molar-refractivity contribution is 8.03. The van der Waals surface area contributed by atoms with Gasteiger partial charge in [0.2, 0.25) is 11.8 Å². The highest BCUT2D eigenvalue weighted by atomic mass is 32.2. The summed E-state index contributed by atoms with van der Waals surface area (Å²) in [5.41, 5.74) is 0.0829. The summed E-state index contributed by atoms with van der Waals surface area (Å²) >= 11 is 1.50. The number of nitrogens with one attached hydrogen (secondary N) is 2. The molecule has 4 heterocycles. The van der Waals surface area contributed by atoms with Crippen molar-refractivity contribution < 1.29 is 24.3 Å². The molecule has 0 spiro atoms. The van der Waals surface area contributed by atoms with Crippen molar-refractivity contribution >= 4 is 35.3 Å². The summed E-state index contributed by atoms with van der Waals surface area (Å²) < 4.78 is 0. The predicted octanol–water partition coefficient (Wildman–Crippen LogP) is 0.659. The number of carbonyl (C=O) groups is 4. The highest BCUT2D eigenvalue weighted by Gasteiger charge is 2.60. The van der Waals surface area contributed by atoms with E-state index in [9.17, 15) is 24.3 Å². The number of ketones is 1. The first-order valence-corrected chi connectivity index (χ1v) is 12.7. The summed E-state index contributed by atoms with van der Waals surface area (Å²) in [5, 5.41) is 16.7. The largest absolute Gasteiger partial charge is 0.477 e. The number of nitrogens with zero attached hydrogens (tertiary/aromatic N) is 2. The number of carboxylic acids is 1. The lowest BCUT2D eigenvalue weighted by Gasteiger charge is -2.47. The summed E-state index contributed by atoms with van der Waals surface area (Å²) in [6.45, 7) is 10.3. The Morgan fingerprint density at radius 3 is 2.61 bits per heavy atom. The van der Waals surface area contributed by atoms with Gasteiger partial charge in [0.1, 0.15) is 11.5 Å². The Kier molecular flexibility index (Phi) is 6.89. The molecule has 3 saturated heterocycles. The van der Waals surface area contributed by atoms with E-state index in [1.54, 1.807) is 0 Å². The number of thioether (sulfide) groups is 1. The zero-order valence-electron chi connectivity index (χ0n) is 19.7. The van der Waals surface area contributed by atoms with Crippen molar-refractivity contribution in [2.75, 3.05) is 26.2 Å². The van der Waals surface area contributed by atoms with Crippen molar-refractivity contribution in [3.05, 3.63) is 10.6 Å². The standard InChI is InChI=1S/C23H34N4O5S/c1-11(7-13(3)28)17-18-14(4)20(19(23(31)32)27(18)22(17)30)33-15-8-16(25-9-15)21(29)26-6-5-24-12(2)10-26/h11-12,14-18,24-25H,5-10H2,1-4H3,(H,31,32)/t11-,12+,14+,15?,16?,17+,18-/m0/s1. The van der Waals surface area contributed by atoms with Gasteiger partial charge in [0.25, 0.3) is 0 Å². The number of carbonyl (C=O) groups excluding carboxylic acids is 3. The molecule has 3 N–H and O–H groups in total. The molecule has 4 aliphatic heterocycles. The first-order valence-electron chi connectivity index (χ1n) is 11.8. The van der Waals surface area contributed by atoms with Crippen molar-refractivity contribution in [2.24, 2.45) is 17.8 Å². The fourth-order valence-electron chi connectivity index (χ4n) is 5.86. The molecule has 0 aromatic carbocycles. The molecule has 4 rings (SSSR count). The van der Waals surface area contributed by atoms with Crippen molar-refractivity contribution in [3.8, 4) is 0 Å². The van der Waals surface area contributed by atoms with Gasteiger partial charge >= 0.3 is 5.97 Å². The summed E-state index contributed by atoms with van der Waals surface area (Å²) in [6, 6.07) is -0.202. The zero-order valence-corrected chi connectivity index (χ0v) is 20.5. The molecule has 7 atom stereocenters. The average molecular weight is 479 g/mol. The molecule has 2 unspecified atom stereocenters. The van der Waals surface area contributed by atoms with E-state index in [1.807, 2.05) is 18.7 Å². The number of Topliss-reactive ketones (excluding diaryl/α,β-unsaturated/α-hetero) is 1. The van der Waals surface area contributed by atoms with Crippen LogP contribution in [-0.2, 0) is 19.2 Å². The van der Waals surface area contributed by atoms with Gasteiger partial charge in [0, 0.05) is 54.7 Å². The van der Waals surface area contributed by atoms with Crippen LogP contribution in [0.2, 0.25) is 0 Å². The third kappa shape index (κ3) is 4.44. The third-order valence-corrected chi connectivity index (χ3v) is 8.89. The van der Waals surface area contributed by atoms with Crippen LogP contribution in [0.5, 0.6) is 0 Å². The number of carboxylic acid groups (broad SMARTS) is 1. The minimum Gasteiger partial charge on any atom is -0.477 e. The number of fused-ring (bicyclic) bond motifs is 1. The SMILES string of the molecule is CC(=O)C[C@H](C)[C@H]1C(=O)N2C(C(=O)O)=C(SC3CNC(C(=O)N4CCN[C@H](C)C4)C3)[C@H](C)[C@@H]12. The Bertz CT molecular complexity index is 892. The fraction of sp³-hybridized carbons (Fsp3) is 0.739. The second kappa shape index (κ2) is 9.38. The van der Waals surface area contributed by atoms with Gasteiger partial charge in [-0.3, -0.25) is 9.59 Å². The predicted molar refractivity (Wildman–Crippen MR) is 124 cm³/mol. The molecule has 0 bridgehead atoms. The second-order valence-corrected chi connectivity index (χ2v) is 11.3. The Balaban J connectivity index is 1.44. The van der Waals surface area contributed by atoms with Gasteiger partial charge in [-0.05, 0) is 26.2 Å². The summed E-state index contributed by atoms with van der Waals surface area (Å²) in [7, 11) is 0. The molecule has 0 aromatic rings. The van der Waals surface area contributed by atoms with Crippen LogP contribution in [0.4, 0.5) is 0 Å². The van der Waals surface area contributed by atoms with E-state index in [4.69, 9.17) is 0 Å². The topological polar surface area (TPSA) is 119 Å².